The highest BCUT2D eigenvalue weighted by Crippen LogP contribution is 2.24. The van der Waals surface area contributed by atoms with Crippen LogP contribution in [0, 0.1) is 0 Å². The smallest absolute Gasteiger partial charge is 0.339 e. The van der Waals surface area contributed by atoms with Crippen molar-refractivity contribution in [2.45, 2.75) is 31.3 Å². The van der Waals surface area contributed by atoms with Gasteiger partial charge in [-0.25, -0.2) is 4.79 Å². The minimum atomic E-state index is -0.901. The molecule has 0 spiro atoms. The Labute approximate surface area is 170 Å². The van der Waals surface area contributed by atoms with E-state index in [9.17, 15) is 14.4 Å². The molecule has 0 aliphatic carbocycles. The lowest BCUT2D eigenvalue weighted by molar-refractivity contribution is -0.125. The molecule has 0 radical (unpaired) electrons. The molecule has 0 aromatic heterocycles. The molecule has 28 heavy (non-hydrogen) atoms. The van der Waals surface area contributed by atoms with Crippen LogP contribution in [0.15, 0.2) is 53.4 Å². The van der Waals surface area contributed by atoms with E-state index in [1.165, 1.54) is 16.7 Å². The van der Waals surface area contributed by atoms with E-state index < -0.39 is 12.1 Å². The zero-order chi connectivity index (χ0) is 20.7. The number of rotatable bonds is 8. The van der Waals surface area contributed by atoms with Crippen LogP contribution in [0.1, 0.15) is 40.1 Å². The molecule has 2 aromatic carbocycles. The quantitative estimate of drug-likeness (QED) is 0.383. The third-order valence-corrected chi connectivity index (χ3v) is 5.31. The molecule has 148 valence electrons. The van der Waals surface area contributed by atoms with E-state index >= 15 is 0 Å². The SMILES string of the molecule is CCc1ccc(C(=O)[C@H](C)OC(=O)c2ccccc2SCC(=O)N(C)C)cc1. The number of Topliss-reactive ketones (excluding diaryl/α,β-unsaturated/α-hetero) is 1. The number of hydrogen-bond donors (Lipinski definition) is 0. The summed E-state index contributed by atoms with van der Waals surface area (Å²) in [5.41, 5.74) is 2.00. The zero-order valence-corrected chi connectivity index (χ0v) is 17.4. The van der Waals surface area contributed by atoms with Crippen LogP contribution in [0.3, 0.4) is 0 Å². The van der Waals surface area contributed by atoms with Crippen molar-refractivity contribution in [1.29, 1.82) is 0 Å². The fourth-order valence-corrected chi connectivity index (χ4v) is 3.47. The van der Waals surface area contributed by atoms with Crippen LogP contribution in [0.5, 0.6) is 0 Å². The Balaban J connectivity index is 2.07. The van der Waals surface area contributed by atoms with E-state index in [4.69, 9.17) is 4.74 Å². The molecule has 0 N–H and O–H groups in total. The first-order chi connectivity index (χ1) is 13.3. The van der Waals surface area contributed by atoms with Crippen molar-refractivity contribution in [1.82, 2.24) is 4.90 Å². The summed E-state index contributed by atoms with van der Waals surface area (Å²) < 4.78 is 5.41. The summed E-state index contributed by atoms with van der Waals surface area (Å²) in [5, 5.41) is 0. The average Bonchev–Trinajstić information content (AvgIpc) is 2.71. The minimum Gasteiger partial charge on any atom is -0.451 e. The van der Waals surface area contributed by atoms with Crippen LogP contribution >= 0.6 is 11.8 Å². The topological polar surface area (TPSA) is 63.7 Å². The van der Waals surface area contributed by atoms with Crippen LogP contribution in [0.2, 0.25) is 0 Å². The Morgan fingerprint density at radius 3 is 2.29 bits per heavy atom. The number of benzene rings is 2. The second kappa shape index (κ2) is 10.1. The highest BCUT2D eigenvalue weighted by atomic mass is 32.2. The van der Waals surface area contributed by atoms with Gasteiger partial charge in [0.15, 0.2) is 6.10 Å². The van der Waals surface area contributed by atoms with E-state index in [2.05, 4.69) is 0 Å². The van der Waals surface area contributed by atoms with E-state index in [1.54, 1.807) is 57.4 Å². The molecule has 6 heteroatoms. The molecule has 0 bridgehead atoms. The largest absolute Gasteiger partial charge is 0.451 e. The number of esters is 1. The standard InChI is InChI=1S/C22H25NO4S/c1-5-16-10-12-17(13-11-16)21(25)15(2)27-22(26)18-8-6-7-9-19(18)28-14-20(24)23(3)4/h6-13,15H,5,14H2,1-4H3/t15-/m0/s1. The summed E-state index contributed by atoms with van der Waals surface area (Å²) in [5.74, 6) is -0.655. The summed E-state index contributed by atoms with van der Waals surface area (Å²) in [7, 11) is 3.37. The first-order valence-corrected chi connectivity index (χ1v) is 10.1. The van der Waals surface area contributed by atoms with Crippen LogP contribution in [0.25, 0.3) is 0 Å². The lowest BCUT2D eigenvalue weighted by Crippen LogP contribution is -2.25. The number of nitrogens with zero attached hydrogens (tertiary/aromatic N) is 1. The lowest BCUT2D eigenvalue weighted by atomic mass is 10.0. The summed E-state index contributed by atoms with van der Waals surface area (Å²) >= 11 is 1.27. The van der Waals surface area contributed by atoms with Crippen LogP contribution < -0.4 is 0 Å². The predicted octanol–water partition coefficient (Wildman–Crippen LogP) is 3.86. The maximum atomic E-state index is 12.6. The Bertz CT molecular complexity index is 846. The molecule has 0 aliphatic rings. The maximum Gasteiger partial charge on any atom is 0.339 e. The second-order valence-corrected chi connectivity index (χ2v) is 7.55. The number of carbonyl (C=O) groups excluding carboxylic acids is 3. The van der Waals surface area contributed by atoms with Crippen molar-refractivity contribution in [2.75, 3.05) is 19.8 Å². The molecule has 2 aromatic rings. The summed E-state index contributed by atoms with van der Waals surface area (Å²) in [4.78, 5) is 39.1. The first kappa shape index (κ1) is 21.7. The summed E-state index contributed by atoms with van der Waals surface area (Å²) in [6.07, 6.45) is -0.00880. The van der Waals surface area contributed by atoms with Gasteiger partial charge in [-0.15, -0.1) is 11.8 Å². The number of ketones is 1. The molecular formula is C22H25NO4S. The fourth-order valence-electron chi connectivity index (χ4n) is 2.45. The van der Waals surface area contributed by atoms with Crippen molar-refractivity contribution in [2.24, 2.45) is 0 Å². The van der Waals surface area contributed by atoms with E-state index in [0.717, 1.165) is 12.0 Å². The van der Waals surface area contributed by atoms with Crippen molar-refractivity contribution in [3.8, 4) is 0 Å². The van der Waals surface area contributed by atoms with Gasteiger partial charge < -0.3 is 9.64 Å². The number of ether oxygens (including phenoxy) is 1. The predicted molar refractivity (Wildman–Crippen MR) is 111 cm³/mol. The van der Waals surface area contributed by atoms with Gasteiger partial charge in [0.25, 0.3) is 0 Å². The van der Waals surface area contributed by atoms with E-state index in [0.29, 0.717) is 16.0 Å². The Morgan fingerprint density at radius 2 is 1.68 bits per heavy atom. The van der Waals surface area contributed by atoms with Gasteiger partial charge in [0.1, 0.15) is 0 Å². The van der Waals surface area contributed by atoms with Gasteiger partial charge in [0, 0.05) is 24.6 Å². The Hall–Kier alpha value is -2.60. The van der Waals surface area contributed by atoms with Gasteiger partial charge in [-0.05, 0) is 31.0 Å². The number of aryl methyl sites for hydroxylation is 1. The number of carbonyl (C=O) groups is 3. The van der Waals surface area contributed by atoms with Crippen molar-refractivity contribution in [3.05, 3.63) is 65.2 Å². The molecule has 0 saturated carbocycles. The van der Waals surface area contributed by atoms with E-state index in [-0.39, 0.29) is 17.4 Å². The van der Waals surface area contributed by atoms with Crippen molar-refractivity contribution < 1.29 is 19.1 Å². The summed E-state index contributed by atoms with van der Waals surface area (Å²) in [6, 6.07) is 14.2. The third kappa shape index (κ3) is 5.70. The lowest BCUT2D eigenvalue weighted by Gasteiger charge is -2.15. The van der Waals surface area contributed by atoms with Gasteiger partial charge in [-0.1, -0.05) is 43.3 Å². The van der Waals surface area contributed by atoms with Gasteiger partial charge in [0.2, 0.25) is 11.7 Å². The second-order valence-electron chi connectivity index (χ2n) is 6.54. The van der Waals surface area contributed by atoms with Crippen LogP contribution in [-0.4, -0.2) is 48.5 Å². The minimum absolute atomic E-state index is 0.0488. The Morgan fingerprint density at radius 1 is 1.04 bits per heavy atom. The number of thioether (sulfide) groups is 1. The monoisotopic (exact) mass is 399 g/mol. The third-order valence-electron chi connectivity index (χ3n) is 4.26. The fraction of sp³-hybridized carbons (Fsp3) is 0.318. The number of amides is 1. The van der Waals surface area contributed by atoms with Gasteiger partial charge >= 0.3 is 5.97 Å². The normalized spacial score (nSPS) is 11.6. The highest BCUT2D eigenvalue weighted by Gasteiger charge is 2.22. The van der Waals surface area contributed by atoms with Gasteiger partial charge in [-0.2, -0.15) is 0 Å². The van der Waals surface area contributed by atoms with Crippen LogP contribution in [-0.2, 0) is 16.0 Å². The van der Waals surface area contributed by atoms with Crippen molar-refractivity contribution >= 4 is 29.4 Å². The molecule has 0 fully saturated rings. The molecule has 1 atom stereocenters. The van der Waals surface area contributed by atoms with Gasteiger partial charge in [-0.3, -0.25) is 9.59 Å². The first-order valence-electron chi connectivity index (χ1n) is 9.09. The molecule has 0 heterocycles. The molecule has 2 rings (SSSR count). The highest BCUT2D eigenvalue weighted by molar-refractivity contribution is 8.00. The molecule has 0 unspecified atom stereocenters. The Kier molecular flexibility index (Phi) is 7.81. The van der Waals surface area contributed by atoms with Gasteiger partial charge in [0.05, 0.1) is 11.3 Å². The van der Waals surface area contributed by atoms with Crippen molar-refractivity contribution in [3.63, 3.8) is 0 Å². The zero-order valence-electron chi connectivity index (χ0n) is 16.6. The number of hydrogen-bond acceptors (Lipinski definition) is 5. The molecule has 0 saturated heterocycles. The summed E-state index contributed by atoms with van der Waals surface area (Å²) in [6.45, 7) is 3.61. The molecular weight excluding hydrogens is 374 g/mol. The maximum absolute atomic E-state index is 12.6. The molecule has 5 nitrogen and oxygen atoms in total. The van der Waals surface area contributed by atoms with Crippen LogP contribution in [0.4, 0.5) is 0 Å². The molecule has 1 amide bonds. The van der Waals surface area contributed by atoms with E-state index in [1.807, 2.05) is 19.1 Å². The molecule has 0 aliphatic heterocycles. The average molecular weight is 400 g/mol.